The molecule has 12 heavy (non-hydrogen) atoms. The van der Waals surface area contributed by atoms with E-state index in [2.05, 4.69) is 0 Å². The fraction of sp³-hybridized carbons (Fsp3) is 0.333. The normalized spacial score (nSPS) is 12.9. The van der Waals surface area contributed by atoms with Crippen LogP contribution in [-0.4, -0.2) is 12.7 Å². The van der Waals surface area contributed by atoms with Gasteiger partial charge in [0.05, 0.1) is 0 Å². The molecule has 0 aromatic heterocycles. The maximum absolute atomic E-state index is 12.8. The molecule has 1 unspecified atom stereocenters. The van der Waals surface area contributed by atoms with Crippen molar-refractivity contribution in [2.75, 3.05) is 6.54 Å². The van der Waals surface area contributed by atoms with Gasteiger partial charge in [-0.2, -0.15) is 0 Å². The molecule has 0 amide bonds. The van der Waals surface area contributed by atoms with Crippen molar-refractivity contribution in [1.29, 1.82) is 0 Å². The molecule has 0 aliphatic heterocycles. The molecule has 0 saturated carbocycles. The van der Waals surface area contributed by atoms with Gasteiger partial charge in [0.2, 0.25) is 0 Å². The Labute approximate surface area is 76.3 Å². The van der Waals surface area contributed by atoms with Gasteiger partial charge in [0, 0.05) is 18.0 Å². The molecule has 0 aliphatic rings. The monoisotopic (exact) mass is 187 g/mol. The van der Waals surface area contributed by atoms with Gasteiger partial charge in [-0.1, -0.05) is 29.8 Å². The van der Waals surface area contributed by atoms with Gasteiger partial charge in [-0.15, -0.1) is 0 Å². The summed E-state index contributed by atoms with van der Waals surface area (Å²) in [4.78, 5) is 0. The minimum absolute atomic E-state index is 0.0468. The van der Waals surface area contributed by atoms with E-state index in [0.717, 1.165) is 5.56 Å². The molecule has 0 radical (unpaired) electrons. The van der Waals surface area contributed by atoms with Gasteiger partial charge >= 0.3 is 0 Å². The van der Waals surface area contributed by atoms with Crippen LogP contribution < -0.4 is 5.73 Å². The van der Waals surface area contributed by atoms with Crippen molar-refractivity contribution in [2.45, 2.75) is 12.6 Å². The average molecular weight is 188 g/mol. The maximum atomic E-state index is 12.8. The Hall–Kier alpha value is -0.600. The Morgan fingerprint density at radius 2 is 2.08 bits per heavy atom. The van der Waals surface area contributed by atoms with E-state index in [4.69, 9.17) is 17.3 Å². The van der Waals surface area contributed by atoms with Crippen LogP contribution >= 0.6 is 11.6 Å². The van der Waals surface area contributed by atoms with E-state index < -0.39 is 6.17 Å². The third kappa shape index (κ3) is 2.47. The van der Waals surface area contributed by atoms with Crippen LogP contribution in [0.4, 0.5) is 4.39 Å². The summed E-state index contributed by atoms with van der Waals surface area (Å²) in [6.07, 6.45) is -0.694. The van der Waals surface area contributed by atoms with Gasteiger partial charge < -0.3 is 5.73 Å². The highest BCUT2D eigenvalue weighted by Gasteiger charge is 2.06. The molecular weight excluding hydrogens is 177 g/mol. The van der Waals surface area contributed by atoms with Crippen molar-refractivity contribution in [3.8, 4) is 0 Å². The molecule has 1 rings (SSSR count). The third-order valence-electron chi connectivity index (χ3n) is 1.65. The summed E-state index contributed by atoms with van der Waals surface area (Å²) in [5.74, 6) is 0. The molecular formula is C9H11ClFN. The molecule has 3 heteroatoms. The van der Waals surface area contributed by atoms with Crippen molar-refractivity contribution in [3.05, 3.63) is 34.9 Å². The number of nitrogens with two attached hydrogens (primary N) is 1. The van der Waals surface area contributed by atoms with Crippen LogP contribution in [-0.2, 0) is 6.42 Å². The zero-order valence-electron chi connectivity index (χ0n) is 6.63. The van der Waals surface area contributed by atoms with Crippen molar-refractivity contribution >= 4 is 11.6 Å². The quantitative estimate of drug-likeness (QED) is 0.772. The average Bonchev–Trinajstić information content (AvgIpc) is 2.09. The van der Waals surface area contributed by atoms with Crippen LogP contribution in [0.15, 0.2) is 24.3 Å². The number of alkyl halides is 1. The van der Waals surface area contributed by atoms with E-state index in [1.54, 1.807) is 6.07 Å². The van der Waals surface area contributed by atoms with Gasteiger partial charge in [-0.05, 0) is 11.6 Å². The SMILES string of the molecule is NCC(F)Cc1ccccc1Cl. The minimum Gasteiger partial charge on any atom is -0.328 e. The molecule has 1 atom stereocenters. The van der Waals surface area contributed by atoms with Crippen LogP contribution in [0.25, 0.3) is 0 Å². The summed E-state index contributed by atoms with van der Waals surface area (Å²) in [6, 6.07) is 7.22. The van der Waals surface area contributed by atoms with E-state index in [0.29, 0.717) is 11.4 Å². The van der Waals surface area contributed by atoms with Gasteiger partial charge in [0.15, 0.2) is 0 Å². The van der Waals surface area contributed by atoms with Crippen LogP contribution in [0.1, 0.15) is 5.56 Å². The highest BCUT2D eigenvalue weighted by Crippen LogP contribution is 2.17. The Balaban J connectivity index is 2.69. The molecule has 0 fully saturated rings. The second-order valence-corrected chi connectivity index (χ2v) is 3.04. The number of hydrogen-bond acceptors (Lipinski definition) is 1. The molecule has 2 N–H and O–H groups in total. The van der Waals surface area contributed by atoms with Crippen molar-refractivity contribution in [2.24, 2.45) is 5.73 Å². The molecule has 0 aliphatic carbocycles. The van der Waals surface area contributed by atoms with Crippen molar-refractivity contribution in [1.82, 2.24) is 0 Å². The standard InChI is InChI=1S/C9H11ClFN/c10-9-4-2-1-3-7(9)5-8(11)6-12/h1-4,8H,5-6,12H2. The summed E-state index contributed by atoms with van der Waals surface area (Å²) in [7, 11) is 0. The summed E-state index contributed by atoms with van der Waals surface area (Å²) >= 11 is 5.82. The van der Waals surface area contributed by atoms with E-state index >= 15 is 0 Å². The Kier molecular flexibility index (Phi) is 3.50. The lowest BCUT2D eigenvalue weighted by Crippen LogP contribution is -2.17. The molecule has 1 aromatic rings. The molecule has 0 bridgehead atoms. The summed E-state index contributed by atoms with van der Waals surface area (Å²) in [6.45, 7) is 0.0468. The topological polar surface area (TPSA) is 26.0 Å². The number of hydrogen-bond donors (Lipinski definition) is 1. The number of benzene rings is 1. The lowest BCUT2D eigenvalue weighted by Gasteiger charge is -2.06. The first-order valence-corrected chi connectivity index (χ1v) is 4.19. The largest absolute Gasteiger partial charge is 0.328 e. The highest BCUT2D eigenvalue weighted by atomic mass is 35.5. The number of halogens is 2. The van der Waals surface area contributed by atoms with Gasteiger partial charge in [0.25, 0.3) is 0 Å². The van der Waals surface area contributed by atoms with Crippen LogP contribution in [0.3, 0.4) is 0 Å². The first-order chi connectivity index (χ1) is 5.74. The lowest BCUT2D eigenvalue weighted by molar-refractivity contribution is 0.340. The van der Waals surface area contributed by atoms with E-state index in [1.807, 2.05) is 18.2 Å². The third-order valence-corrected chi connectivity index (χ3v) is 2.02. The minimum atomic E-state index is -0.995. The lowest BCUT2D eigenvalue weighted by atomic mass is 10.1. The second-order valence-electron chi connectivity index (χ2n) is 2.63. The van der Waals surface area contributed by atoms with Gasteiger partial charge in [-0.25, -0.2) is 4.39 Å². The molecule has 1 nitrogen and oxygen atoms in total. The molecule has 0 spiro atoms. The molecule has 0 saturated heterocycles. The second kappa shape index (κ2) is 4.43. The maximum Gasteiger partial charge on any atom is 0.116 e. The summed E-state index contributed by atoms with van der Waals surface area (Å²) in [5, 5.41) is 0.605. The first kappa shape index (κ1) is 9.49. The van der Waals surface area contributed by atoms with E-state index in [-0.39, 0.29) is 6.54 Å². The Morgan fingerprint density at radius 1 is 1.42 bits per heavy atom. The van der Waals surface area contributed by atoms with Crippen LogP contribution in [0.5, 0.6) is 0 Å². The molecule has 1 aromatic carbocycles. The smallest absolute Gasteiger partial charge is 0.116 e. The van der Waals surface area contributed by atoms with Gasteiger partial charge in [0.1, 0.15) is 6.17 Å². The fourth-order valence-electron chi connectivity index (χ4n) is 0.986. The summed E-state index contributed by atoms with van der Waals surface area (Å²) < 4.78 is 12.8. The highest BCUT2D eigenvalue weighted by molar-refractivity contribution is 6.31. The van der Waals surface area contributed by atoms with Gasteiger partial charge in [-0.3, -0.25) is 0 Å². The first-order valence-electron chi connectivity index (χ1n) is 3.81. The molecule has 0 heterocycles. The van der Waals surface area contributed by atoms with Crippen LogP contribution in [0, 0.1) is 0 Å². The summed E-state index contributed by atoms with van der Waals surface area (Å²) in [5.41, 5.74) is 5.97. The fourth-order valence-corrected chi connectivity index (χ4v) is 1.20. The van der Waals surface area contributed by atoms with E-state index in [9.17, 15) is 4.39 Å². The number of rotatable bonds is 3. The zero-order chi connectivity index (χ0) is 8.97. The Bertz CT molecular complexity index is 252. The van der Waals surface area contributed by atoms with Crippen molar-refractivity contribution in [3.63, 3.8) is 0 Å². The van der Waals surface area contributed by atoms with E-state index in [1.165, 1.54) is 0 Å². The van der Waals surface area contributed by atoms with Crippen molar-refractivity contribution < 1.29 is 4.39 Å². The predicted octanol–water partition coefficient (Wildman–Crippen LogP) is 2.18. The zero-order valence-corrected chi connectivity index (χ0v) is 7.39. The molecule has 66 valence electrons. The van der Waals surface area contributed by atoms with Crippen LogP contribution in [0.2, 0.25) is 5.02 Å². The Morgan fingerprint density at radius 3 is 2.67 bits per heavy atom. The predicted molar refractivity (Wildman–Crippen MR) is 49.1 cm³/mol.